The van der Waals surface area contributed by atoms with E-state index >= 15 is 0 Å². The lowest BCUT2D eigenvalue weighted by Crippen LogP contribution is -2.47. The van der Waals surface area contributed by atoms with Crippen LogP contribution in [-0.4, -0.2) is 55.0 Å². The molecule has 2 aromatic heterocycles. The molecule has 3 atom stereocenters. The topological polar surface area (TPSA) is 115 Å². The maximum absolute atomic E-state index is 12.4. The Morgan fingerprint density at radius 1 is 1.41 bits per heavy atom. The summed E-state index contributed by atoms with van der Waals surface area (Å²) >= 11 is 0. The van der Waals surface area contributed by atoms with Crippen LogP contribution < -0.4 is 5.32 Å². The number of methoxy groups -OCH3 is 1. The molecule has 9 nitrogen and oxygen atoms in total. The molecule has 9 heteroatoms. The fourth-order valence-electron chi connectivity index (χ4n) is 3.43. The van der Waals surface area contributed by atoms with E-state index in [1.165, 1.54) is 18.6 Å². The quantitative estimate of drug-likeness (QED) is 0.781. The summed E-state index contributed by atoms with van der Waals surface area (Å²) in [5, 5.41) is 17.8. The lowest BCUT2D eigenvalue weighted by Gasteiger charge is -2.33. The van der Waals surface area contributed by atoms with Gasteiger partial charge in [0.2, 0.25) is 0 Å². The van der Waals surface area contributed by atoms with E-state index in [-0.39, 0.29) is 29.6 Å². The predicted octanol–water partition coefficient (Wildman–Crippen LogP) is 1.22. The minimum atomic E-state index is -0.601. The number of hydrogen-bond donors (Lipinski definition) is 2. The van der Waals surface area contributed by atoms with Gasteiger partial charge in [0.05, 0.1) is 18.3 Å². The van der Waals surface area contributed by atoms with E-state index in [1.54, 1.807) is 7.11 Å². The highest BCUT2D eigenvalue weighted by Gasteiger charge is 2.34. The van der Waals surface area contributed by atoms with Crippen molar-refractivity contribution in [2.45, 2.75) is 63.8 Å². The number of nitrogens with zero attached hydrogens (tertiary/aromatic N) is 5. The van der Waals surface area contributed by atoms with Crippen LogP contribution in [0.3, 0.4) is 0 Å². The first-order chi connectivity index (χ1) is 13.0. The molecule has 1 saturated carbocycles. The highest BCUT2D eigenvalue weighted by Crippen LogP contribution is 2.33. The van der Waals surface area contributed by atoms with Crippen molar-refractivity contribution in [3.8, 4) is 0 Å². The van der Waals surface area contributed by atoms with E-state index in [9.17, 15) is 9.90 Å². The van der Waals surface area contributed by atoms with E-state index in [1.807, 2.05) is 4.68 Å². The summed E-state index contributed by atoms with van der Waals surface area (Å²) in [4.78, 5) is 25.0. The molecular formula is C18H26N6O3. The fraction of sp³-hybridized carbons (Fsp3) is 0.611. The number of aliphatic hydroxyl groups is 1. The zero-order valence-corrected chi connectivity index (χ0v) is 15.9. The molecule has 0 aromatic carbocycles. The molecule has 0 unspecified atom stereocenters. The van der Waals surface area contributed by atoms with E-state index in [4.69, 9.17) is 4.74 Å². The third-order valence-electron chi connectivity index (χ3n) is 4.76. The summed E-state index contributed by atoms with van der Waals surface area (Å²) < 4.78 is 7.07. The monoisotopic (exact) mass is 374 g/mol. The Balaban J connectivity index is 1.76. The molecule has 0 aliphatic heterocycles. The Bertz CT molecular complexity index is 764. The number of rotatable bonds is 6. The van der Waals surface area contributed by atoms with Gasteiger partial charge in [-0.2, -0.15) is 5.10 Å². The maximum Gasteiger partial charge on any atom is 0.271 e. The molecule has 0 saturated heterocycles. The van der Waals surface area contributed by atoms with Gasteiger partial charge in [-0.05, 0) is 33.1 Å². The van der Waals surface area contributed by atoms with Gasteiger partial charge in [-0.25, -0.2) is 14.6 Å². The van der Waals surface area contributed by atoms with Gasteiger partial charge in [0.25, 0.3) is 5.91 Å². The SMILES string of the molecule is COCc1nc([C@H]2CC[C@@H](O)[C@H](NC(=O)c3cnccn3)C2)n(C(C)C)n1. The summed E-state index contributed by atoms with van der Waals surface area (Å²) in [6, 6.07) is -0.209. The number of nitrogens with one attached hydrogen (secondary N) is 1. The third kappa shape index (κ3) is 4.48. The number of hydrogen-bond acceptors (Lipinski definition) is 7. The molecular weight excluding hydrogens is 348 g/mol. The second-order valence-electron chi connectivity index (χ2n) is 7.11. The van der Waals surface area contributed by atoms with E-state index < -0.39 is 6.10 Å². The van der Waals surface area contributed by atoms with Gasteiger partial charge in [0.15, 0.2) is 5.82 Å². The molecule has 2 aromatic rings. The molecule has 2 heterocycles. The molecule has 27 heavy (non-hydrogen) atoms. The van der Waals surface area contributed by atoms with E-state index in [2.05, 4.69) is 39.2 Å². The van der Waals surface area contributed by atoms with Crippen LogP contribution >= 0.6 is 0 Å². The standard InChI is InChI=1S/C18H26N6O3/c1-11(2)24-17(22-16(23-24)10-27-3)12-4-5-15(25)13(8-12)21-18(26)14-9-19-6-7-20-14/h6-7,9,11-13,15,25H,4-5,8,10H2,1-3H3,(H,21,26)/t12-,13+,15+/m0/s1. The van der Waals surface area contributed by atoms with Crippen molar-refractivity contribution in [2.75, 3.05) is 7.11 Å². The van der Waals surface area contributed by atoms with Crippen molar-refractivity contribution in [2.24, 2.45) is 0 Å². The maximum atomic E-state index is 12.4. The van der Waals surface area contributed by atoms with Gasteiger partial charge in [0, 0.05) is 31.5 Å². The highest BCUT2D eigenvalue weighted by molar-refractivity contribution is 5.92. The molecule has 146 valence electrons. The van der Waals surface area contributed by atoms with Crippen LogP contribution in [0, 0.1) is 0 Å². The van der Waals surface area contributed by atoms with Gasteiger partial charge in [-0.1, -0.05) is 0 Å². The Morgan fingerprint density at radius 3 is 2.89 bits per heavy atom. The molecule has 1 aliphatic carbocycles. The minimum absolute atomic E-state index is 0.0982. The van der Waals surface area contributed by atoms with Crippen LogP contribution in [0.2, 0.25) is 0 Å². The summed E-state index contributed by atoms with van der Waals surface area (Å²) in [6.07, 6.45) is 5.75. The van der Waals surface area contributed by atoms with Crippen molar-refractivity contribution < 1.29 is 14.6 Å². The van der Waals surface area contributed by atoms with Gasteiger partial charge in [-0.15, -0.1) is 0 Å². The summed E-state index contributed by atoms with van der Waals surface area (Å²) in [5.74, 6) is 1.29. The van der Waals surface area contributed by atoms with Gasteiger partial charge < -0.3 is 15.2 Å². The Morgan fingerprint density at radius 2 is 2.22 bits per heavy atom. The molecule has 0 radical (unpaired) electrons. The van der Waals surface area contributed by atoms with Crippen molar-refractivity contribution >= 4 is 5.91 Å². The van der Waals surface area contributed by atoms with Gasteiger partial charge in [0.1, 0.15) is 18.1 Å². The molecule has 0 bridgehead atoms. The molecule has 1 amide bonds. The van der Waals surface area contributed by atoms with Crippen molar-refractivity contribution in [3.05, 3.63) is 35.9 Å². The molecule has 1 aliphatic rings. The first-order valence-corrected chi connectivity index (χ1v) is 9.18. The second-order valence-corrected chi connectivity index (χ2v) is 7.11. The van der Waals surface area contributed by atoms with Gasteiger partial charge >= 0.3 is 0 Å². The van der Waals surface area contributed by atoms with Crippen LogP contribution in [-0.2, 0) is 11.3 Å². The number of ether oxygens (including phenoxy) is 1. The van der Waals surface area contributed by atoms with E-state index in [0.717, 1.165) is 12.2 Å². The summed E-state index contributed by atoms with van der Waals surface area (Å²) in [7, 11) is 1.62. The van der Waals surface area contributed by atoms with Crippen LogP contribution in [0.5, 0.6) is 0 Å². The Kier molecular flexibility index (Phi) is 6.12. The van der Waals surface area contributed by atoms with E-state index in [0.29, 0.717) is 25.3 Å². The smallest absolute Gasteiger partial charge is 0.271 e. The minimum Gasteiger partial charge on any atom is -0.391 e. The lowest BCUT2D eigenvalue weighted by atomic mass is 9.83. The van der Waals surface area contributed by atoms with Crippen molar-refractivity contribution in [1.82, 2.24) is 30.0 Å². The summed E-state index contributed by atoms with van der Waals surface area (Å²) in [5.41, 5.74) is 0.236. The largest absolute Gasteiger partial charge is 0.391 e. The van der Waals surface area contributed by atoms with Crippen LogP contribution in [0.4, 0.5) is 0 Å². The first kappa shape index (κ1) is 19.4. The van der Waals surface area contributed by atoms with Crippen molar-refractivity contribution in [3.63, 3.8) is 0 Å². The number of amides is 1. The summed E-state index contributed by atoms with van der Waals surface area (Å²) in [6.45, 7) is 4.47. The zero-order chi connectivity index (χ0) is 19.4. The third-order valence-corrected chi connectivity index (χ3v) is 4.76. The first-order valence-electron chi connectivity index (χ1n) is 9.18. The predicted molar refractivity (Wildman–Crippen MR) is 97.0 cm³/mol. The zero-order valence-electron chi connectivity index (χ0n) is 15.9. The second kappa shape index (κ2) is 8.53. The van der Waals surface area contributed by atoms with Crippen LogP contribution in [0.15, 0.2) is 18.6 Å². The number of carbonyl (C=O) groups excluding carboxylic acids is 1. The number of aromatic nitrogens is 5. The normalized spacial score (nSPS) is 22.8. The van der Waals surface area contributed by atoms with Gasteiger partial charge in [-0.3, -0.25) is 9.78 Å². The molecule has 1 fully saturated rings. The number of aliphatic hydroxyl groups excluding tert-OH is 1. The average molecular weight is 374 g/mol. The van der Waals surface area contributed by atoms with Crippen LogP contribution in [0.25, 0.3) is 0 Å². The molecule has 2 N–H and O–H groups in total. The number of carbonyl (C=O) groups is 1. The molecule has 3 rings (SSSR count). The average Bonchev–Trinajstić information content (AvgIpc) is 3.09. The van der Waals surface area contributed by atoms with Crippen molar-refractivity contribution in [1.29, 1.82) is 0 Å². The Hall–Kier alpha value is -2.39. The molecule has 0 spiro atoms. The highest BCUT2D eigenvalue weighted by atomic mass is 16.5. The fourth-order valence-corrected chi connectivity index (χ4v) is 3.43. The lowest BCUT2D eigenvalue weighted by molar-refractivity contribution is 0.0664. The Labute approximate surface area is 158 Å². The van der Waals surface area contributed by atoms with Crippen LogP contribution in [0.1, 0.15) is 67.2 Å².